The Bertz CT molecular complexity index is 1230. The summed E-state index contributed by atoms with van der Waals surface area (Å²) >= 11 is 6.39. The number of para-hydroxylation sites is 1. The molecule has 0 N–H and O–H groups in total. The van der Waals surface area contributed by atoms with Gasteiger partial charge in [-0.25, -0.2) is 4.39 Å². The molecule has 1 aromatic heterocycles. The Balaban J connectivity index is 1.19. The van der Waals surface area contributed by atoms with Gasteiger partial charge in [-0.2, -0.15) is 0 Å². The second-order valence-corrected chi connectivity index (χ2v) is 10.1. The third-order valence-corrected chi connectivity index (χ3v) is 7.88. The molecule has 0 radical (unpaired) electrons. The summed E-state index contributed by atoms with van der Waals surface area (Å²) in [6.45, 7) is 9.31. The lowest BCUT2D eigenvalue weighted by molar-refractivity contribution is 0.0737. The number of hydrogen-bond acceptors (Lipinski definition) is 4. The zero-order valence-corrected chi connectivity index (χ0v) is 21.7. The lowest BCUT2D eigenvalue weighted by atomic mass is 10.2. The van der Waals surface area contributed by atoms with Crippen molar-refractivity contribution in [3.63, 3.8) is 0 Å². The number of hydrogen-bond donors (Lipinski definition) is 0. The van der Waals surface area contributed by atoms with E-state index in [2.05, 4.69) is 33.8 Å². The third kappa shape index (κ3) is 5.08. The molecule has 5 rings (SSSR count). The number of nitrogens with zero attached hydrogens (tertiary/aromatic N) is 5. The van der Waals surface area contributed by atoms with Crippen molar-refractivity contribution in [1.29, 1.82) is 0 Å². The first kappa shape index (κ1) is 24.7. The molecule has 6 nitrogen and oxygen atoms in total. The predicted molar refractivity (Wildman–Crippen MR) is 144 cm³/mol. The van der Waals surface area contributed by atoms with Crippen LogP contribution in [0.4, 0.5) is 15.8 Å². The van der Waals surface area contributed by atoms with Crippen LogP contribution in [0.15, 0.2) is 54.6 Å². The molecular weight excluding hydrogens is 477 g/mol. The van der Waals surface area contributed by atoms with Crippen LogP contribution in [0.1, 0.15) is 21.7 Å². The van der Waals surface area contributed by atoms with Gasteiger partial charge in [-0.1, -0.05) is 29.8 Å². The van der Waals surface area contributed by atoms with Crippen LogP contribution in [0.5, 0.6) is 0 Å². The van der Waals surface area contributed by atoms with E-state index in [0.29, 0.717) is 26.2 Å². The van der Waals surface area contributed by atoms with Crippen LogP contribution in [-0.4, -0.2) is 72.6 Å². The van der Waals surface area contributed by atoms with Crippen LogP contribution in [-0.2, 0) is 13.6 Å². The van der Waals surface area contributed by atoms with Crippen LogP contribution in [0.3, 0.4) is 0 Å². The molecule has 0 bridgehead atoms. The average molecular weight is 510 g/mol. The normalized spacial score (nSPS) is 17.1. The molecular formula is C28H33ClFN5O. The van der Waals surface area contributed by atoms with Crippen LogP contribution in [0.2, 0.25) is 5.02 Å². The average Bonchev–Trinajstić information content (AvgIpc) is 3.18. The number of aromatic nitrogens is 1. The second kappa shape index (κ2) is 10.5. The number of rotatable bonds is 5. The van der Waals surface area contributed by atoms with Crippen molar-refractivity contribution in [2.45, 2.75) is 13.5 Å². The van der Waals surface area contributed by atoms with Crippen molar-refractivity contribution in [2.24, 2.45) is 7.05 Å². The van der Waals surface area contributed by atoms with Gasteiger partial charge in [0.2, 0.25) is 0 Å². The fourth-order valence-corrected chi connectivity index (χ4v) is 5.48. The molecule has 0 spiro atoms. The van der Waals surface area contributed by atoms with E-state index in [4.69, 9.17) is 11.6 Å². The molecule has 0 aliphatic carbocycles. The van der Waals surface area contributed by atoms with E-state index >= 15 is 0 Å². The minimum atomic E-state index is -0.233. The standard InChI is InChI=1S/C28H33ClFN5O/c1-21-22(20-32-10-12-34(13-11-32)26-9-4-3-8-25(26)29)18-27(31(21)2)28(36)35-16-14-33(15-17-35)24-7-5-6-23(30)19-24/h3-9,18-19H,10-17,20H2,1-2H3. The fraction of sp³-hybridized carbons (Fsp3) is 0.393. The van der Waals surface area contributed by atoms with Gasteiger partial charge >= 0.3 is 0 Å². The Kier molecular flexibility index (Phi) is 7.21. The molecule has 0 saturated carbocycles. The number of carbonyl (C=O) groups is 1. The molecule has 3 aromatic rings. The molecule has 2 aliphatic heterocycles. The van der Waals surface area contributed by atoms with Crippen molar-refractivity contribution in [3.8, 4) is 0 Å². The highest BCUT2D eigenvalue weighted by Gasteiger charge is 2.26. The van der Waals surface area contributed by atoms with Crippen molar-refractivity contribution in [2.75, 3.05) is 62.2 Å². The highest BCUT2D eigenvalue weighted by atomic mass is 35.5. The Morgan fingerprint density at radius 1 is 0.889 bits per heavy atom. The zero-order chi connectivity index (χ0) is 25.2. The van der Waals surface area contributed by atoms with Crippen LogP contribution in [0.25, 0.3) is 0 Å². The molecule has 2 fully saturated rings. The van der Waals surface area contributed by atoms with Crippen molar-refractivity contribution in [1.82, 2.24) is 14.4 Å². The summed E-state index contributed by atoms with van der Waals surface area (Å²) in [5, 5.41) is 0.796. The third-order valence-electron chi connectivity index (χ3n) is 7.56. The number of amides is 1. The van der Waals surface area contributed by atoms with Gasteiger partial charge in [-0.05, 0) is 48.9 Å². The summed E-state index contributed by atoms with van der Waals surface area (Å²) in [7, 11) is 1.98. The first-order valence-corrected chi connectivity index (χ1v) is 13.0. The lowest BCUT2D eigenvalue weighted by Crippen LogP contribution is -2.49. The first-order valence-electron chi connectivity index (χ1n) is 12.6. The van der Waals surface area contributed by atoms with E-state index in [9.17, 15) is 9.18 Å². The van der Waals surface area contributed by atoms with Crippen LogP contribution >= 0.6 is 11.6 Å². The number of piperazine rings is 2. The first-order chi connectivity index (χ1) is 17.4. The zero-order valence-electron chi connectivity index (χ0n) is 21.0. The topological polar surface area (TPSA) is 35.0 Å². The maximum atomic E-state index is 13.6. The second-order valence-electron chi connectivity index (χ2n) is 9.67. The minimum absolute atomic E-state index is 0.0641. The monoisotopic (exact) mass is 509 g/mol. The maximum Gasteiger partial charge on any atom is 0.270 e. The molecule has 8 heteroatoms. The van der Waals surface area contributed by atoms with Crippen molar-refractivity contribution >= 4 is 28.9 Å². The van der Waals surface area contributed by atoms with Crippen LogP contribution < -0.4 is 9.80 Å². The van der Waals surface area contributed by atoms with Gasteiger partial charge in [-0.15, -0.1) is 0 Å². The highest BCUT2D eigenvalue weighted by Crippen LogP contribution is 2.27. The number of anilines is 2. The van der Waals surface area contributed by atoms with E-state index in [-0.39, 0.29) is 11.7 Å². The Morgan fingerprint density at radius 2 is 1.58 bits per heavy atom. The van der Waals surface area contributed by atoms with Gasteiger partial charge < -0.3 is 19.3 Å². The highest BCUT2D eigenvalue weighted by molar-refractivity contribution is 6.33. The van der Waals surface area contributed by atoms with Gasteiger partial charge in [0.1, 0.15) is 11.5 Å². The summed E-state index contributed by atoms with van der Waals surface area (Å²) in [5.74, 6) is -0.169. The quantitative estimate of drug-likeness (QED) is 0.510. The summed E-state index contributed by atoms with van der Waals surface area (Å²) < 4.78 is 15.6. The largest absolute Gasteiger partial charge is 0.368 e. The van der Waals surface area contributed by atoms with Gasteiger partial charge in [0.05, 0.1) is 10.7 Å². The lowest BCUT2D eigenvalue weighted by Gasteiger charge is -2.36. The molecule has 190 valence electrons. The molecule has 2 saturated heterocycles. The number of halogens is 2. The van der Waals surface area contributed by atoms with E-state index in [1.165, 1.54) is 11.6 Å². The van der Waals surface area contributed by atoms with Crippen LogP contribution in [0, 0.1) is 12.7 Å². The van der Waals surface area contributed by atoms with Gasteiger partial charge in [0, 0.05) is 77.3 Å². The summed E-state index contributed by atoms with van der Waals surface area (Å²) in [5.41, 5.74) is 5.03. The summed E-state index contributed by atoms with van der Waals surface area (Å²) in [6.07, 6.45) is 0. The van der Waals surface area contributed by atoms with Gasteiger partial charge in [0.15, 0.2) is 0 Å². The van der Waals surface area contributed by atoms with Gasteiger partial charge in [0.25, 0.3) is 5.91 Å². The molecule has 0 unspecified atom stereocenters. The minimum Gasteiger partial charge on any atom is -0.368 e. The molecule has 2 aromatic carbocycles. The Labute approximate surface area is 217 Å². The number of carbonyl (C=O) groups excluding carboxylic acids is 1. The number of benzene rings is 2. The van der Waals surface area contributed by atoms with Crippen molar-refractivity contribution < 1.29 is 9.18 Å². The summed E-state index contributed by atoms with van der Waals surface area (Å²) in [6, 6.07) is 16.7. The fourth-order valence-electron chi connectivity index (χ4n) is 5.23. The maximum absolute atomic E-state index is 13.6. The smallest absolute Gasteiger partial charge is 0.270 e. The van der Waals surface area contributed by atoms with E-state index in [1.54, 1.807) is 12.1 Å². The SMILES string of the molecule is Cc1c(CN2CCN(c3ccccc3Cl)CC2)cc(C(=O)N2CCN(c3cccc(F)c3)CC2)n1C. The van der Waals surface area contributed by atoms with E-state index in [0.717, 1.165) is 60.5 Å². The molecule has 3 heterocycles. The molecule has 1 amide bonds. The molecule has 0 atom stereocenters. The van der Waals surface area contributed by atoms with E-state index in [1.807, 2.05) is 40.8 Å². The molecule has 2 aliphatic rings. The van der Waals surface area contributed by atoms with Crippen molar-refractivity contribution in [3.05, 3.63) is 82.4 Å². The summed E-state index contributed by atoms with van der Waals surface area (Å²) in [4.78, 5) is 22.2. The predicted octanol–water partition coefficient (Wildman–Crippen LogP) is 4.41. The molecule has 36 heavy (non-hydrogen) atoms. The Hall–Kier alpha value is -3.03. The Morgan fingerprint density at radius 3 is 2.28 bits per heavy atom. The van der Waals surface area contributed by atoms with E-state index < -0.39 is 0 Å². The van der Waals surface area contributed by atoms with Gasteiger partial charge in [-0.3, -0.25) is 9.69 Å².